The van der Waals surface area contributed by atoms with Crippen molar-refractivity contribution in [3.63, 3.8) is 0 Å². The molecule has 0 aliphatic heterocycles. The second-order valence-corrected chi connectivity index (χ2v) is 8.37. The molecule has 5 aromatic heterocycles. The van der Waals surface area contributed by atoms with Crippen molar-refractivity contribution in [3.8, 4) is 11.6 Å². The molecule has 148 valence electrons. The second-order valence-electron chi connectivity index (χ2n) is 8.37. The fourth-order valence-corrected chi connectivity index (χ4v) is 4.44. The molecule has 0 spiro atoms. The molecule has 0 fully saturated rings. The Balaban J connectivity index is 1.71. The highest BCUT2D eigenvalue weighted by atomic mass is 15.2. The summed E-state index contributed by atoms with van der Waals surface area (Å²) in [5.41, 5.74) is 21.2. The first-order valence-electron chi connectivity index (χ1n) is 10.1. The van der Waals surface area contributed by atoms with Crippen molar-refractivity contribution in [2.45, 2.75) is 46.1 Å². The molecule has 5 rings (SSSR count). The zero-order chi connectivity index (χ0) is 20.4. The van der Waals surface area contributed by atoms with E-state index in [9.17, 15) is 0 Å². The van der Waals surface area contributed by atoms with Gasteiger partial charge in [-0.1, -0.05) is 27.7 Å². The highest BCUT2D eigenvalue weighted by Crippen LogP contribution is 2.36. The van der Waals surface area contributed by atoms with Gasteiger partial charge in [-0.25, -0.2) is 4.98 Å². The van der Waals surface area contributed by atoms with Gasteiger partial charge in [0.1, 0.15) is 5.69 Å². The Morgan fingerprint density at radius 1 is 0.828 bits per heavy atom. The predicted octanol–water partition coefficient (Wildman–Crippen LogP) is 4.53. The molecular formula is C23H26N6. The summed E-state index contributed by atoms with van der Waals surface area (Å²) >= 11 is 0. The van der Waals surface area contributed by atoms with Crippen molar-refractivity contribution in [2.75, 3.05) is 5.73 Å². The molecule has 4 N–H and O–H groups in total. The van der Waals surface area contributed by atoms with E-state index in [1.54, 1.807) is 0 Å². The van der Waals surface area contributed by atoms with E-state index < -0.39 is 0 Å². The van der Waals surface area contributed by atoms with Gasteiger partial charge in [-0.2, -0.15) is 4.98 Å². The van der Waals surface area contributed by atoms with Gasteiger partial charge < -0.3 is 16.0 Å². The van der Waals surface area contributed by atoms with Gasteiger partial charge in [0.2, 0.25) is 5.95 Å². The maximum atomic E-state index is 6.52. The summed E-state index contributed by atoms with van der Waals surface area (Å²) < 4.78 is 4.22. The average molecular weight is 387 g/mol. The maximum absolute atomic E-state index is 6.52. The quantitative estimate of drug-likeness (QED) is 0.465. The third kappa shape index (κ3) is 2.45. The van der Waals surface area contributed by atoms with Gasteiger partial charge in [0.05, 0.1) is 11.2 Å². The zero-order valence-corrected chi connectivity index (χ0v) is 17.3. The summed E-state index contributed by atoms with van der Waals surface area (Å²) in [6, 6.07) is 12.9. The lowest BCUT2D eigenvalue weighted by atomic mass is 10.0. The topological polar surface area (TPSA) is 87.7 Å². The van der Waals surface area contributed by atoms with Crippen LogP contribution in [0.25, 0.3) is 33.7 Å². The maximum Gasteiger partial charge on any atom is 0.237 e. The standard InChI is InChI=1S/C23H26N6/c1-12(2)16-9-14-5-7-19(16)28(14)21-18(11-24)26-23(27-22(21)25)29-15-6-8-20(29)17(10-15)13(3)4/h5-10,12-13H,11,24H2,1-4H3,(H2,25,26,27). The molecular weight excluding hydrogens is 360 g/mol. The summed E-state index contributed by atoms with van der Waals surface area (Å²) in [6.45, 7) is 9.07. The van der Waals surface area contributed by atoms with Crippen molar-refractivity contribution in [1.29, 1.82) is 0 Å². The van der Waals surface area contributed by atoms with Crippen LogP contribution in [0, 0.1) is 0 Å². The fraction of sp³-hybridized carbons (Fsp3) is 0.304. The number of anilines is 1. The number of nitrogen functional groups attached to an aromatic ring is 1. The van der Waals surface area contributed by atoms with Crippen LogP contribution in [0.1, 0.15) is 56.4 Å². The predicted molar refractivity (Wildman–Crippen MR) is 119 cm³/mol. The molecule has 4 bridgehead atoms. The molecule has 0 aliphatic carbocycles. The van der Waals surface area contributed by atoms with E-state index >= 15 is 0 Å². The molecule has 0 atom stereocenters. The molecule has 6 nitrogen and oxygen atoms in total. The molecule has 6 heteroatoms. The van der Waals surface area contributed by atoms with Crippen LogP contribution in [-0.2, 0) is 6.54 Å². The third-order valence-corrected chi connectivity index (χ3v) is 5.85. The van der Waals surface area contributed by atoms with Crippen molar-refractivity contribution in [2.24, 2.45) is 5.73 Å². The van der Waals surface area contributed by atoms with Gasteiger partial charge >= 0.3 is 0 Å². The number of rotatable bonds is 5. The van der Waals surface area contributed by atoms with E-state index in [4.69, 9.17) is 21.4 Å². The van der Waals surface area contributed by atoms with E-state index in [-0.39, 0.29) is 0 Å². The molecule has 0 unspecified atom stereocenters. The lowest BCUT2D eigenvalue weighted by Gasteiger charge is -2.15. The van der Waals surface area contributed by atoms with Crippen LogP contribution in [-0.4, -0.2) is 19.1 Å². The Morgan fingerprint density at radius 3 is 1.90 bits per heavy atom. The Bertz CT molecular complexity index is 1310. The van der Waals surface area contributed by atoms with E-state index in [0.29, 0.717) is 30.1 Å². The smallest absolute Gasteiger partial charge is 0.237 e. The molecule has 5 heterocycles. The molecule has 5 aromatic rings. The summed E-state index contributed by atoms with van der Waals surface area (Å²) in [4.78, 5) is 9.57. The summed E-state index contributed by atoms with van der Waals surface area (Å²) in [6.07, 6.45) is 0. The van der Waals surface area contributed by atoms with E-state index in [1.165, 1.54) is 11.1 Å². The number of benzene rings is 2. The lowest BCUT2D eigenvalue weighted by Crippen LogP contribution is -2.14. The van der Waals surface area contributed by atoms with Crippen LogP contribution in [0.4, 0.5) is 5.82 Å². The number of aromatic nitrogens is 4. The van der Waals surface area contributed by atoms with Gasteiger partial charge in [-0.15, -0.1) is 0 Å². The van der Waals surface area contributed by atoms with Gasteiger partial charge in [-0.05, 0) is 59.4 Å². The van der Waals surface area contributed by atoms with Crippen LogP contribution in [0.2, 0.25) is 0 Å². The summed E-state index contributed by atoms with van der Waals surface area (Å²) in [5, 5.41) is 0. The zero-order valence-electron chi connectivity index (χ0n) is 17.3. The van der Waals surface area contributed by atoms with Gasteiger partial charge in [0, 0.05) is 23.1 Å². The summed E-state index contributed by atoms with van der Waals surface area (Å²) in [5.74, 6) is 1.89. The van der Waals surface area contributed by atoms with E-state index in [1.807, 2.05) is 0 Å². The molecule has 0 saturated heterocycles. The largest absolute Gasteiger partial charge is 0.382 e. The Hall–Kier alpha value is -3.12. The molecule has 29 heavy (non-hydrogen) atoms. The first-order chi connectivity index (χ1) is 13.9. The average Bonchev–Trinajstić information content (AvgIpc) is 3.45. The van der Waals surface area contributed by atoms with Gasteiger partial charge in [0.25, 0.3) is 0 Å². The number of nitrogens with two attached hydrogens (primary N) is 2. The molecule has 0 aromatic carbocycles. The SMILES string of the molecule is CC(C)c1cc2ccc1n2-c1nc(N)c(-n2c3ccc2c(C(C)C)c3)c(CN)n1. The minimum absolute atomic E-state index is 0.291. The second kappa shape index (κ2) is 6.19. The highest BCUT2D eigenvalue weighted by molar-refractivity contribution is 5.81. The minimum atomic E-state index is 0.291. The molecule has 0 amide bonds. The van der Waals surface area contributed by atoms with Crippen molar-refractivity contribution in [1.82, 2.24) is 19.1 Å². The van der Waals surface area contributed by atoms with E-state index in [0.717, 1.165) is 33.4 Å². The van der Waals surface area contributed by atoms with Gasteiger partial charge in [-0.3, -0.25) is 4.57 Å². The number of hydrogen-bond donors (Lipinski definition) is 2. The Morgan fingerprint density at radius 2 is 1.38 bits per heavy atom. The van der Waals surface area contributed by atoms with Crippen LogP contribution in [0.3, 0.4) is 0 Å². The van der Waals surface area contributed by atoms with Gasteiger partial charge in [0.15, 0.2) is 5.82 Å². The third-order valence-electron chi connectivity index (χ3n) is 5.85. The number of hydrogen-bond acceptors (Lipinski definition) is 4. The molecule has 0 radical (unpaired) electrons. The minimum Gasteiger partial charge on any atom is -0.382 e. The Kier molecular flexibility index (Phi) is 3.83. The fourth-order valence-electron chi connectivity index (χ4n) is 4.44. The van der Waals surface area contributed by atoms with E-state index in [2.05, 4.69) is 73.2 Å². The lowest BCUT2D eigenvalue weighted by molar-refractivity contribution is 0.865. The normalized spacial score (nSPS) is 12.5. The number of fused-ring (bicyclic) bond motifs is 4. The summed E-state index contributed by atoms with van der Waals surface area (Å²) in [7, 11) is 0. The molecule has 0 saturated carbocycles. The van der Waals surface area contributed by atoms with Crippen LogP contribution in [0.5, 0.6) is 0 Å². The monoisotopic (exact) mass is 386 g/mol. The number of nitrogens with zero attached hydrogens (tertiary/aromatic N) is 4. The van der Waals surface area contributed by atoms with Crippen LogP contribution >= 0.6 is 0 Å². The van der Waals surface area contributed by atoms with Crippen LogP contribution in [0.15, 0.2) is 36.4 Å². The highest BCUT2D eigenvalue weighted by Gasteiger charge is 2.23. The van der Waals surface area contributed by atoms with Crippen molar-refractivity contribution in [3.05, 3.63) is 53.2 Å². The van der Waals surface area contributed by atoms with Crippen LogP contribution < -0.4 is 11.5 Å². The van der Waals surface area contributed by atoms with Crippen molar-refractivity contribution >= 4 is 27.9 Å². The molecule has 0 aliphatic rings. The van der Waals surface area contributed by atoms with Crippen molar-refractivity contribution < 1.29 is 0 Å². The first-order valence-corrected chi connectivity index (χ1v) is 10.1. The first kappa shape index (κ1) is 17.9. The Labute approximate surface area is 169 Å².